The number of rotatable bonds is 6. The summed E-state index contributed by atoms with van der Waals surface area (Å²) in [6, 6.07) is 10.2. The van der Waals surface area contributed by atoms with E-state index in [1.54, 1.807) is 6.20 Å². The molecule has 10 heteroatoms. The fraction of sp³-hybridized carbons (Fsp3) is 0.150. The largest absolute Gasteiger partial charge is 0.416 e. The van der Waals surface area contributed by atoms with Crippen molar-refractivity contribution in [2.45, 2.75) is 19.0 Å². The van der Waals surface area contributed by atoms with E-state index >= 15 is 0 Å². The van der Waals surface area contributed by atoms with Gasteiger partial charge in [-0.15, -0.1) is 0 Å². The molecule has 0 saturated heterocycles. The van der Waals surface area contributed by atoms with Crippen LogP contribution >= 0.6 is 11.6 Å². The predicted molar refractivity (Wildman–Crippen MR) is 108 cm³/mol. The zero-order chi connectivity index (χ0) is 21.7. The quantitative estimate of drug-likeness (QED) is 0.386. The van der Waals surface area contributed by atoms with E-state index in [1.807, 2.05) is 24.3 Å². The van der Waals surface area contributed by atoms with E-state index in [-0.39, 0.29) is 23.6 Å². The normalized spacial score (nSPS) is 11.7. The Balaban J connectivity index is 1.51. The summed E-state index contributed by atoms with van der Waals surface area (Å²) in [5, 5.41) is 7.04. The first-order valence-electron chi connectivity index (χ1n) is 8.78. The minimum Gasteiger partial charge on any atom is -0.361 e. The molecule has 1 heterocycles. The van der Waals surface area contributed by atoms with E-state index in [9.17, 15) is 22.8 Å². The van der Waals surface area contributed by atoms with Crippen molar-refractivity contribution in [2.75, 3.05) is 5.32 Å². The van der Waals surface area contributed by atoms with E-state index in [4.69, 9.17) is 11.6 Å². The van der Waals surface area contributed by atoms with Gasteiger partial charge in [-0.2, -0.15) is 18.3 Å². The lowest BCUT2D eigenvalue weighted by Crippen LogP contribution is -2.21. The van der Waals surface area contributed by atoms with E-state index in [1.165, 1.54) is 6.21 Å². The number of hydrogen-bond acceptors (Lipinski definition) is 3. The molecule has 2 amide bonds. The van der Waals surface area contributed by atoms with Gasteiger partial charge >= 0.3 is 6.18 Å². The summed E-state index contributed by atoms with van der Waals surface area (Å²) in [6.45, 7) is 0. The molecule has 0 aliphatic heterocycles. The van der Waals surface area contributed by atoms with Crippen LogP contribution in [0.5, 0.6) is 0 Å². The molecule has 1 aromatic heterocycles. The molecule has 0 atom stereocenters. The smallest absolute Gasteiger partial charge is 0.361 e. The number of alkyl halides is 3. The van der Waals surface area contributed by atoms with Crippen molar-refractivity contribution < 1.29 is 22.8 Å². The fourth-order valence-electron chi connectivity index (χ4n) is 2.67. The van der Waals surface area contributed by atoms with Crippen LogP contribution in [-0.2, 0) is 15.8 Å². The first-order valence-corrected chi connectivity index (χ1v) is 9.16. The van der Waals surface area contributed by atoms with Crippen LogP contribution in [-0.4, -0.2) is 23.0 Å². The number of hydrogen-bond donors (Lipinski definition) is 3. The number of hydrazone groups is 1. The third-order valence-corrected chi connectivity index (χ3v) is 4.49. The molecule has 0 fully saturated rings. The summed E-state index contributed by atoms with van der Waals surface area (Å²) in [6.07, 6.45) is -1.80. The SMILES string of the molecule is O=C(CCC(=O)Nc1cc(C(F)(F)F)ccc1Cl)N/N=C\c1c[nH]c2ccccc12. The van der Waals surface area contributed by atoms with Crippen LogP contribution in [0, 0.1) is 0 Å². The number of nitrogens with zero attached hydrogens (tertiary/aromatic N) is 1. The number of anilines is 1. The second-order valence-electron chi connectivity index (χ2n) is 6.32. The molecule has 156 valence electrons. The van der Waals surface area contributed by atoms with Gasteiger partial charge in [-0.05, 0) is 24.3 Å². The molecule has 3 N–H and O–H groups in total. The van der Waals surface area contributed by atoms with Crippen LogP contribution in [0.1, 0.15) is 24.0 Å². The Kier molecular flexibility index (Phi) is 6.41. The Bertz CT molecular complexity index is 1110. The Hall–Kier alpha value is -3.33. The molecule has 30 heavy (non-hydrogen) atoms. The minimum absolute atomic E-state index is 0.0378. The molecule has 0 spiro atoms. The number of H-pyrrole nitrogens is 1. The maximum Gasteiger partial charge on any atom is 0.416 e. The van der Waals surface area contributed by atoms with Crippen molar-refractivity contribution >= 4 is 46.2 Å². The number of aromatic amines is 1. The number of fused-ring (bicyclic) bond motifs is 1. The highest BCUT2D eigenvalue weighted by Crippen LogP contribution is 2.33. The van der Waals surface area contributed by atoms with Crippen LogP contribution in [0.15, 0.2) is 53.8 Å². The van der Waals surface area contributed by atoms with Gasteiger partial charge in [0, 0.05) is 35.5 Å². The van der Waals surface area contributed by atoms with Crippen molar-refractivity contribution in [3.63, 3.8) is 0 Å². The molecule has 2 aromatic carbocycles. The van der Waals surface area contributed by atoms with E-state index in [0.29, 0.717) is 0 Å². The third-order valence-electron chi connectivity index (χ3n) is 4.16. The summed E-state index contributed by atoms with van der Waals surface area (Å²) >= 11 is 5.83. The third kappa shape index (κ3) is 5.38. The van der Waals surface area contributed by atoms with Gasteiger partial charge in [0.05, 0.1) is 22.5 Å². The van der Waals surface area contributed by atoms with Crippen LogP contribution in [0.3, 0.4) is 0 Å². The number of aromatic nitrogens is 1. The maximum atomic E-state index is 12.8. The van der Waals surface area contributed by atoms with Crippen LogP contribution in [0.25, 0.3) is 10.9 Å². The van der Waals surface area contributed by atoms with Gasteiger partial charge in [-0.25, -0.2) is 5.43 Å². The lowest BCUT2D eigenvalue weighted by Gasteiger charge is -2.11. The van der Waals surface area contributed by atoms with Crippen molar-refractivity contribution in [3.05, 3.63) is 64.8 Å². The molecule has 0 bridgehead atoms. The first-order chi connectivity index (χ1) is 14.2. The summed E-state index contributed by atoms with van der Waals surface area (Å²) in [7, 11) is 0. The second-order valence-corrected chi connectivity index (χ2v) is 6.73. The number of nitrogens with one attached hydrogen (secondary N) is 3. The van der Waals surface area contributed by atoms with Gasteiger partial charge in [0.15, 0.2) is 0 Å². The second kappa shape index (κ2) is 9.00. The van der Waals surface area contributed by atoms with Crippen molar-refractivity contribution in [3.8, 4) is 0 Å². The highest BCUT2D eigenvalue weighted by Gasteiger charge is 2.31. The topological polar surface area (TPSA) is 86.3 Å². The number of carbonyl (C=O) groups excluding carboxylic acids is 2. The average Bonchev–Trinajstić information content (AvgIpc) is 3.10. The number of amides is 2. The van der Waals surface area contributed by atoms with Gasteiger partial charge in [0.1, 0.15) is 0 Å². The lowest BCUT2D eigenvalue weighted by molar-refractivity contribution is -0.137. The highest BCUT2D eigenvalue weighted by atomic mass is 35.5. The Morgan fingerprint density at radius 3 is 2.60 bits per heavy atom. The van der Waals surface area contributed by atoms with E-state index in [2.05, 4.69) is 20.8 Å². The number of carbonyl (C=O) groups is 2. The van der Waals surface area contributed by atoms with Crippen molar-refractivity contribution in [1.29, 1.82) is 0 Å². The van der Waals surface area contributed by atoms with Crippen LogP contribution < -0.4 is 10.7 Å². The predicted octanol–water partition coefficient (Wildman–Crippen LogP) is 4.71. The number of para-hydroxylation sites is 1. The van der Waals surface area contributed by atoms with Gasteiger partial charge in [0.2, 0.25) is 11.8 Å². The maximum absolute atomic E-state index is 12.8. The number of halogens is 4. The number of benzene rings is 2. The van der Waals surface area contributed by atoms with Crippen LogP contribution in [0.4, 0.5) is 18.9 Å². The highest BCUT2D eigenvalue weighted by molar-refractivity contribution is 6.33. The molecule has 3 rings (SSSR count). The zero-order valence-corrected chi connectivity index (χ0v) is 16.1. The summed E-state index contributed by atoms with van der Waals surface area (Å²) in [5.41, 5.74) is 2.90. The molecule has 0 aliphatic carbocycles. The molecule has 0 radical (unpaired) electrons. The van der Waals surface area contributed by atoms with E-state index in [0.717, 1.165) is 34.7 Å². The van der Waals surface area contributed by atoms with Crippen molar-refractivity contribution in [1.82, 2.24) is 10.4 Å². The van der Waals surface area contributed by atoms with Gasteiger partial charge in [-0.1, -0.05) is 29.8 Å². The summed E-state index contributed by atoms with van der Waals surface area (Å²) in [5.74, 6) is -1.16. The van der Waals surface area contributed by atoms with Gasteiger partial charge in [-0.3, -0.25) is 9.59 Å². The molecule has 3 aromatic rings. The first kappa shape index (κ1) is 21.4. The summed E-state index contributed by atoms with van der Waals surface area (Å²) in [4.78, 5) is 26.9. The average molecular weight is 437 g/mol. The molecular weight excluding hydrogens is 421 g/mol. The fourth-order valence-corrected chi connectivity index (χ4v) is 2.83. The molecular formula is C20H16ClF3N4O2. The molecule has 6 nitrogen and oxygen atoms in total. The lowest BCUT2D eigenvalue weighted by atomic mass is 10.2. The molecule has 0 aliphatic rings. The standard InChI is InChI=1S/C20H16ClF3N4O2/c21-15-6-5-13(20(22,23)24)9-17(15)27-18(29)7-8-19(30)28-26-11-12-10-25-16-4-2-1-3-14(12)16/h1-6,9-11,25H,7-8H2,(H,27,29)(H,28,30)/b26-11-. The summed E-state index contributed by atoms with van der Waals surface area (Å²) < 4.78 is 38.3. The minimum atomic E-state index is -4.56. The van der Waals surface area contributed by atoms with Crippen molar-refractivity contribution in [2.24, 2.45) is 5.10 Å². The van der Waals surface area contributed by atoms with Crippen LogP contribution in [0.2, 0.25) is 5.02 Å². The molecule has 0 unspecified atom stereocenters. The van der Waals surface area contributed by atoms with E-state index < -0.39 is 23.6 Å². The Morgan fingerprint density at radius 1 is 1.10 bits per heavy atom. The Labute approximate surface area is 174 Å². The van der Waals surface area contributed by atoms with Gasteiger partial charge in [0.25, 0.3) is 0 Å². The molecule has 0 saturated carbocycles. The van der Waals surface area contributed by atoms with Gasteiger partial charge < -0.3 is 10.3 Å². The Morgan fingerprint density at radius 2 is 1.83 bits per heavy atom. The zero-order valence-electron chi connectivity index (χ0n) is 15.4. The monoisotopic (exact) mass is 436 g/mol.